The molecule has 2 aromatic heterocycles. The average molecular weight is 342 g/mol. The minimum absolute atomic E-state index is 0.350. The first-order valence-electron chi connectivity index (χ1n) is 7.87. The van der Waals surface area contributed by atoms with E-state index in [0.717, 1.165) is 5.56 Å². The van der Waals surface area contributed by atoms with Crippen molar-refractivity contribution in [2.75, 3.05) is 5.32 Å². The second-order valence-electron chi connectivity index (χ2n) is 6.71. The maximum Gasteiger partial charge on any atom is 0.412 e. The van der Waals surface area contributed by atoms with E-state index in [2.05, 4.69) is 15.4 Å². The van der Waals surface area contributed by atoms with Crippen LogP contribution in [0.4, 0.5) is 14.9 Å². The number of aromatic nitrogens is 3. The Bertz CT molecular complexity index is 915. The molecule has 2 heterocycles. The van der Waals surface area contributed by atoms with Crippen LogP contribution < -0.4 is 5.32 Å². The van der Waals surface area contributed by atoms with Crippen LogP contribution in [0.1, 0.15) is 31.9 Å². The van der Waals surface area contributed by atoms with Crippen LogP contribution in [0.25, 0.3) is 5.65 Å². The highest BCUT2D eigenvalue weighted by Crippen LogP contribution is 2.19. The zero-order valence-corrected chi connectivity index (χ0v) is 14.3. The van der Waals surface area contributed by atoms with E-state index in [1.807, 2.05) is 12.1 Å². The van der Waals surface area contributed by atoms with Gasteiger partial charge >= 0.3 is 6.09 Å². The first-order valence-corrected chi connectivity index (χ1v) is 7.87. The molecule has 3 rings (SSSR count). The maximum atomic E-state index is 14.4. The molecule has 1 aromatic carbocycles. The van der Waals surface area contributed by atoms with Crippen molar-refractivity contribution >= 4 is 17.4 Å². The van der Waals surface area contributed by atoms with Crippen molar-refractivity contribution in [2.24, 2.45) is 0 Å². The normalized spacial score (nSPS) is 11.5. The fourth-order valence-corrected chi connectivity index (χ4v) is 2.38. The number of anilines is 1. The van der Waals surface area contributed by atoms with Crippen LogP contribution in [0.5, 0.6) is 0 Å². The van der Waals surface area contributed by atoms with Crippen molar-refractivity contribution in [1.82, 2.24) is 14.6 Å². The van der Waals surface area contributed by atoms with Gasteiger partial charge in [-0.3, -0.25) is 5.32 Å². The Morgan fingerprint density at radius 3 is 2.80 bits per heavy atom. The fourth-order valence-electron chi connectivity index (χ4n) is 2.38. The van der Waals surface area contributed by atoms with E-state index in [1.54, 1.807) is 43.6 Å². The van der Waals surface area contributed by atoms with Gasteiger partial charge in [0.2, 0.25) is 0 Å². The number of ether oxygens (including phenoxy) is 1. The molecule has 0 spiro atoms. The highest BCUT2D eigenvalue weighted by molar-refractivity contribution is 5.84. The van der Waals surface area contributed by atoms with Crippen molar-refractivity contribution < 1.29 is 13.9 Å². The Kier molecular flexibility index (Phi) is 4.39. The molecule has 1 amide bonds. The molecule has 7 heteroatoms. The molecular formula is C18H19FN4O2. The average Bonchev–Trinajstić information content (AvgIpc) is 2.95. The van der Waals surface area contributed by atoms with Gasteiger partial charge in [-0.2, -0.15) is 5.10 Å². The van der Waals surface area contributed by atoms with Gasteiger partial charge in [0.25, 0.3) is 0 Å². The largest absolute Gasteiger partial charge is 0.444 e. The van der Waals surface area contributed by atoms with E-state index in [4.69, 9.17) is 4.74 Å². The van der Waals surface area contributed by atoms with E-state index in [-0.39, 0.29) is 0 Å². The maximum absolute atomic E-state index is 14.4. The number of carbonyl (C=O) groups is 1. The fraction of sp³-hybridized carbons (Fsp3) is 0.278. The molecule has 130 valence electrons. The van der Waals surface area contributed by atoms with Crippen LogP contribution in [0.3, 0.4) is 0 Å². The summed E-state index contributed by atoms with van der Waals surface area (Å²) in [6.45, 7) is 5.30. The van der Waals surface area contributed by atoms with Gasteiger partial charge in [0, 0.05) is 18.3 Å². The smallest absolute Gasteiger partial charge is 0.412 e. The van der Waals surface area contributed by atoms with Crippen LogP contribution in [-0.4, -0.2) is 26.3 Å². The predicted molar refractivity (Wildman–Crippen MR) is 92.0 cm³/mol. The molecule has 3 aromatic rings. The number of pyridine rings is 1. The summed E-state index contributed by atoms with van der Waals surface area (Å²) in [5.74, 6) is -0.394. The number of amides is 1. The third kappa shape index (κ3) is 4.32. The lowest BCUT2D eigenvalue weighted by Gasteiger charge is -2.19. The summed E-state index contributed by atoms with van der Waals surface area (Å²) in [4.78, 5) is 15.9. The molecule has 0 radical (unpaired) electrons. The van der Waals surface area contributed by atoms with Crippen molar-refractivity contribution in [3.8, 4) is 0 Å². The summed E-state index contributed by atoms with van der Waals surface area (Å²) in [5.41, 5.74) is 1.90. The number of hydrogen-bond donors (Lipinski definition) is 1. The van der Waals surface area contributed by atoms with Crippen LogP contribution in [0.15, 0.2) is 42.9 Å². The summed E-state index contributed by atoms with van der Waals surface area (Å²) in [6.07, 6.45) is 3.06. The van der Waals surface area contributed by atoms with Crippen molar-refractivity contribution in [3.05, 3.63) is 59.8 Å². The zero-order valence-electron chi connectivity index (χ0n) is 14.3. The van der Waals surface area contributed by atoms with E-state index in [0.29, 0.717) is 23.3 Å². The number of nitrogens with one attached hydrogen (secondary N) is 1. The van der Waals surface area contributed by atoms with Gasteiger partial charge in [-0.1, -0.05) is 6.07 Å². The van der Waals surface area contributed by atoms with Gasteiger partial charge in [-0.15, -0.1) is 0 Å². The Hall–Kier alpha value is -2.96. The topological polar surface area (TPSA) is 68.5 Å². The highest BCUT2D eigenvalue weighted by atomic mass is 19.1. The van der Waals surface area contributed by atoms with Crippen molar-refractivity contribution in [2.45, 2.75) is 32.8 Å². The number of hydrogen-bond acceptors (Lipinski definition) is 4. The standard InChI is InChI=1S/C18H19FN4O2/c1-18(2,3)25-17(24)22-14-5-4-13(15(19)10-14)8-12-6-7-23-16(9-12)20-11-21-23/h4-7,9-11H,8H2,1-3H3,(H,22,24). The first kappa shape index (κ1) is 16.9. The van der Waals surface area contributed by atoms with Crippen LogP contribution in [0, 0.1) is 5.82 Å². The second-order valence-corrected chi connectivity index (χ2v) is 6.71. The molecule has 6 nitrogen and oxygen atoms in total. The highest BCUT2D eigenvalue weighted by Gasteiger charge is 2.16. The summed E-state index contributed by atoms with van der Waals surface area (Å²) >= 11 is 0. The third-order valence-corrected chi connectivity index (χ3v) is 3.44. The lowest BCUT2D eigenvalue weighted by atomic mass is 10.1. The van der Waals surface area contributed by atoms with E-state index >= 15 is 0 Å². The van der Waals surface area contributed by atoms with Gasteiger partial charge in [0.15, 0.2) is 5.65 Å². The Labute approximate surface area is 144 Å². The molecule has 0 saturated carbocycles. The Morgan fingerprint density at radius 2 is 2.08 bits per heavy atom. The van der Waals surface area contributed by atoms with Crippen LogP contribution >= 0.6 is 0 Å². The Morgan fingerprint density at radius 1 is 1.28 bits per heavy atom. The number of fused-ring (bicyclic) bond motifs is 1. The van der Waals surface area contributed by atoms with Gasteiger partial charge in [-0.25, -0.2) is 18.7 Å². The molecule has 0 aliphatic carbocycles. The number of nitrogens with zero attached hydrogens (tertiary/aromatic N) is 3. The Balaban J connectivity index is 1.72. The minimum Gasteiger partial charge on any atom is -0.444 e. The van der Waals surface area contributed by atoms with Gasteiger partial charge in [0.1, 0.15) is 17.7 Å². The zero-order chi connectivity index (χ0) is 18.0. The summed E-state index contributed by atoms with van der Waals surface area (Å²) < 4.78 is 21.2. The van der Waals surface area contributed by atoms with E-state index < -0.39 is 17.5 Å². The third-order valence-electron chi connectivity index (χ3n) is 3.44. The number of rotatable bonds is 3. The molecule has 0 atom stereocenters. The van der Waals surface area contributed by atoms with Crippen molar-refractivity contribution in [1.29, 1.82) is 0 Å². The molecule has 0 fully saturated rings. The number of carbonyl (C=O) groups excluding carboxylic acids is 1. The number of halogens is 1. The van der Waals surface area contributed by atoms with E-state index in [1.165, 1.54) is 12.4 Å². The lowest BCUT2D eigenvalue weighted by Crippen LogP contribution is -2.27. The van der Waals surface area contributed by atoms with Gasteiger partial charge < -0.3 is 4.74 Å². The second kappa shape index (κ2) is 6.51. The lowest BCUT2D eigenvalue weighted by molar-refractivity contribution is 0.0636. The monoisotopic (exact) mass is 342 g/mol. The van der Waals surface area contributed by atoms with E-state index in [9.17, 15) is 9.18 Å². The number of benzene rings is 1. The quantitative estimate of drug-likeness (QED) is 0.786. The molecule has 25 heavy (non-hydrogen) atoms. The molecule has 0 saturated heterocycles. The summed E-state index contributed by atoms with van der Waals surface area (Å²) in [5, 5.41) is 6.56. The molecular weight excluding hydrogens is 323 g/mol. The van der Waals surface area contributed by atoms with Crippen molar-refractivity contribution in [3.63, 3.8) is 0 Å². The van der Waals surface area contributed by atoms with Crippen LogP contribution in [0.2, 0.25) is 0 Å². The predicted octanol–water partition coefficient (Wildman–Crippen LogP) is 3.81. The molecule has 1 N–H and O–H groups in total. The summed E-state index contributed by atoms with van der Waals surface area (Å²) in [7, 11) is 0. The molecule has 0 unspecified atom stereocenters. The molecule has 0 bridgehead atoms. The van der Waals surface area contributed by atoms with Gasteiger partial charge in [-0.05, 0) is 56.2 Å². The van der Waals surface area contributed by atoms with Crippen LogP contribution in [-0.2, 0) is 11.2 Å². The molecule has 0 aliphatic rings. The first-order chi connectivity index (χ1) is 11.8. The van der Waals surface area contributed by atoms with Gasteiger partial charge in [0.05, 0.1) is 0 Å². The molecule has 0 aliphatic heterocycles. The summed E-state index contributed by atoms with van der Waals surface area (Å²) in [6, 6.07) is 8.32. The SMILES string of the molecule is CC(C)(C)OC(=O)Nc1ccc(Cc2ccn3ncnc3c2)c(F)c1. The minimum atomic E-state index is -0.614.